The largest absolute Gasteiger partial charge is 0.334 e. The fourth-order valence-electron chi connectivity index (χ4n) is 1.11. The number of carbonyl (C=O) groups is 1. The number of rotatable bonds is 2. The maximum absolute atomic E-state index is 10.9. The molecule has 0 amide bonds. The number of aromatic nitrogens is 2. The van der Waals surface area contributed by atoms with Crippen LogP contribution in [0.5, 0.6) is 0 Å². The van der Waals surface area contributed by atoms with Crippen molar-refractivity contribution in [2.24, 2.45) is 0 Å². The van der Waals surface area contributed by atoms with Gasteiger partial charge in [-0.05, 0) is 18.2 Å². The van der Waals surface area contributed by atoms with Crippen molar-refractivity contribution in [1.82, 2.24) is 10.1 Å². The van der Waals surface area contributed by atoms with Crippen molar-refractivity contribution in [3.8, 4) is 11.5 Å². The van der Waals surface area contributed by atoms with E-state index in [-0.39, 0.29) is 11.6 Å². The van der Waals surface area contributed by atoms with Crippen LogP contribution >= 0.6 is 11.6 Å². The highest BCUT2D eigenvalue weighted by Gasteiger charge is 2.11. The van der Waals surface area contributed by atoms with E-state index in [0.717, 1.165) is 0 Å². The maximum atomic E-state index is 10.9. The van der Waals surface area contributed by atoms with Gasteiger partial charge in [0.2, 0.25) is 11.6 Å². The Hall–Kier alpha value is -1.68. The predicted molar refractivity (Wildman–Crippen MR) is 54.7 cm³/mol. The molecule has 0 spiro atoms. The Morgan fingerprint density at radius 1 is 1.47 bits per heavy atom. The Balaban J connectivity index is 2.41. The Labute approximate surface area is 90.9 Å². The molecule has 1 heterocycles. The van der Waals surface area contributed by atoms with Crippen molar-refractivity contribution in [1.29, 1.82) is 0 Å². The van der Waals surface area contributed by atoms with Gasteiger partial charge in [0.15, 0.2) is 0 Å². The molecular weight excluding hydrogens is 216 g/mol. The summed E-state index contributed by atoms with van der Waals surface area (Å²) in [6.45, 7) is 1.38. The first kappa shape index (κ1) is 9.86. The van der Waals surface area contributed by atoms with Crippen LogP contribution in [0.1, 0.15) is 17.5 Å². The molecule has 0 unspecified atom stereocenters. The molecule has 0 aliphatic rings. The third-order valence-electron chi connectivity index (χ3n) is 1.81. The van der Waals surface area contributed by atoms with Gasteiger partial charge in [0.1, 0.15) is 0 Å². The number of halogens is 1. The van der Waals surface area contributed by atoms with Gasteiger partial charge >= 0.3 is 0 Å². The molecule has 0 fully saturated rings. The molecule has 0 aliphatic carbocycles. The summed E-state index contributed by atoms with van der Waals surface area (Å²) in [4.78, 5) is 14.9. The Morgan fingerprint density at radius 2 is 2.27 bits per heavy atom. The molecule has 0 atom stereocenters. The molecule has 0 N–H and O–H groups in total. The zero-order chi connectivity index (χ0) is 10.8. The molecule has 1 aromatic heterocycles. The van der Waals surface area contributed by atoms with Crippen LogP contribution in [-0.4, -0.2) is 15.9 Å². The van der Waals surface area contributed by atoms with Crippen LogP contribution in [0.3, 0.4) is 0 Å². The van der Waals surface area contributed by atoms with Gasteiger partial charge in [-0.25, -0.2) is 0 Å². The number of hydrogen-bond donors (Lipinski definition) is 0. The smallest absolute Gasteiger partial charge is 0.258 e. The molecule has 5 heteroatoms. The monoisotopic (exact) mass is 222 g/mol. The average molecular weight is 223 g/mol. The van der Waals surface area contributed by atoms with Crippen LogP contribution in [0.15, 0.2) is 28.8 Å². The quantitative estimate of drug-likeness (QED) is 0.733. The first-order valence-corrected chi connectivity index (χ1v) is 4.65. The van der Waals surface area contributed by atoms with Crippen LogP contribution in [0, 0.1) is 0 Å². The standard InChI is InChI=1S/C10H7ClN2O2/c1-6(14)9-12-10(15-13-9)7-3-2-4-8(11)5-7/h2-5H,1H3. The number of ketones is 1. The van der Waals surface area contributed by atoms with Crippen molar-refractivity contribution in [2.45, 2.75) is 6.92 Å². The van der Waals surface area contributed by atoms with Gasteiger partial charge in [-0.1, -0.05) is 22.8 Å². The first-order valence-electron chi connectivity index (χ1n) is 4.27. The summed E-state index contributed by atoms with van der Waals surface area (Å²) in [5.41, 5.74) is 0.697. The second-order valence-electron chi connectivity index (χ2n) is 2.99. The van der Waals surface area contributed by atoms with Crippen LogP contribution in [0.25, 0.3) is 11.5 Å². The van der Waals surface area contributed by atoms with E-state index in [9.17, 15) is 4.79 Å². The summed E-state index contributed by atoms with van der Waals surface area (Å²) in [6, 6.07) is 6.99. The van der Waals surface area contributed by atoms with Crippen LogP contribution < -0.4 is 0 Å². The lowest BCUT2D eigenvalue weighted by Crippen LogP contribution is -1.93. The Bertz CT molecular complexity index is 508. The lowest BCUT2D eigenvalue weighted by Gasteiger charge is -1.93. The fraction of sp³-hybridized carbons (Fsp3) is 0.100. The van der Waals surface area contributed by atoms with Gasteiger partial charge in [0.05, 0.1) is 0 Å². The minimum absolute atomic E-state index is 0.0741. The summed E-state index contributed by atoms with van der Waals surface area (Å²) in [7, 11) is 0. The highest BCUT2D eigenvalue weighted by molar-refractivity contribution is 6.30. The topological polar surface area (TPSA) is 56.0 Å². The molecule has 0 saturated carbocycles. The minimum Gasteiger partial charge on any atom is -0.334 e. The van der Waals surface area contributed by atoms with Gasteiger partial charge in [0, 0.05) is 17.5 Å². The number of Topliss-reactive ketones (excluding diaryl/α,β-unsaturated/α-hetero) is 1. The number of nitrogens with zero attached hydrogens (tertiary/aromatic N) is 2. The summed E-state index contributed by atoms with van der Waals surface area (Å²) in [5.74, 6) is 0.139. The molecule has 0 saturated heterocycles. The Kier molecular flexibility index (Phi) is 2.51. The summed E-state index contributed by atoms with van der Waals surface area (Å²) < 4.78 is 4.93. The normalized spacial score (nSPS) is 10.3. The van der Waals surface area contributed by atoms with Crippen LogP contribution in [0.2, 0.25) is 5.02 Å². The molecular formula is C10H7ClN2O2. The average Bonchev–Trinajstić information content (AvgIpc) is 2.66. The highest BCUT2D eigenvalue weighted by atomic mass is 35.5. The lowest BCUT2D eigenvalue weighted by atomic mass is 10.2. The van der Waals surface area contributed by atoms with E-state index < -0.39 is 0 Å². The molecule has 2 aromatic rings. The minimum atomic E-state index is -0.230. The molecule has 2 rings (SSSR count). The van der Waals surface area contributed by atoms with E-state index in [4.69, 9.17) is 16.1 Å². The van der Waals surface area contributed by atoms with E-state index in [1.807, 2.05) is 0 Å². The van der Waals surface area contributed by atoms with E-state index in [1.54, 1.807) is 24.3 Å². The van der Waals surface area contributed by atoms with Crippen molar-refractivity contribution in [3.05, 3.63) is 35.1 Å². The van der Waals surface area contributed by atoms with Crippen molar-refractivity contribution in [3.63, 3.8) is 0 Å². The lowest BCUT2D eigenvalue weighted by molar-refractivity contribution is 0.100. The SMILES string of the molecule is CC(=O)c1noc(-c2cccc(Cl)c2)n1. The summed E-state index contributed by atoms with van der Waals surface area (Å²) in [5, 5.41) is 4.12. The van der Waals surface area contributed by atoms with Crippen molar-refractivity contribution in [2.75, 3.05) is 0 Å². The number of benzene rings is 1. The van der Waals surface area contributed by atoms with Crippen molar-refractivity contribution >= 4 is 17.4 Å². The van der Waals surface area contributed by atoms with Gasteiger partial charge in [-0.3, -0.25) is 4.79 Å². The second kappa shape index (κ2) is 3.82. The van der Waals surface area contributed by atoms with Gasteiger partial charge in [-0.2, -0.15) is 4.98 Å². The third-order valence-corrected chi connectivity index (χ3v) is 2.05. The summed E-state index contributed by atoms with van der Waals surface area (Å²) in [6.07, 6.45) is 0. The fourth-order valence-corrected chi connectivity index (χ4v) is 1.30. The third kappa shape index (κ3) is 2.05. The van der Waals surface area contributed by atoms with E-state index in [0.29, 0.717) is 16.5 Å². The van der Waals surface area contributed by atoms with E-state index >= 15 is 0 Å². The molecule has 1 aromatic carbocycles. The maximum Gasteiger partial charge on any atom is 0.258 e. The zero-order valence-electron chi connectivity index (χ0n) is 7.90. The molecule has 0 radical (unpaired) electrons. The van der Waals surface area contributed by atoms with E-state index in [1.165, 1.54) is 6.92 Å². The van der Waals surface area contributed by atoms with E-state index in [2.05, 4.69) is 10.1 Å². The van der Waals surface area contributed by atoms with Gasteiger partial charge in [-0.15, -0.1) is 0 Å². The zero-order valence-corrected chi connectivity index (χ0v) is 8.65. The predicted octanol–water partition coefficient (Wildman–Crippen LogP) is 2.59. The molecule has 0 bridgehead atoms. The second-order valence-corrected chi connectivity index (χ2v) is 3.43. The first-order chi connectivity index (χ1) is 7.16. The van der Waals surface area contributed by atoms with Gasteiger partial charge in [0.25, 0.3) is 5.89 Å². The Morgan fingerprint density at radius 3 is 2.87 bits per heavy atom. The molecule has 0 aliphatic heterocycles. The highest BCUT2D eigenvalue weighted by Crippen LogP contribution is 2.20. The molecule has 76 valence electrons. The number of hydrogen-bond acceptors (Lipinski definition) is 4. The van der Waals surface area contributed by atoms with Crippen molar-refractivity contribution < 1.29 is 9.32 Å². The summed E-state index contributed by atoms with van der Waals surface area (Å²) >= 11 is 5.81. The molecule has 4 nitrogen and oxygen atoms in total. The number of carbonyl (C=O) groups excluding carboxylic acids is 1. The molecule has 15 heavy (non-hydrogen) atoms. The van der Waals surface area contributed by atoms with Gasteiger partial charge < -0.3 is 4.52 Å². The van der Waals surface area contributed by atoms with Crippen LogP contribution in [0.4, 0.5) is 0 Å². The van der Waals surface area contributed by atoms with Crippen LogP contribution in [-0.2, 0) is 0 Å².